The number of carbonyl (C=O) groups is 1. The Kier molecular flexibility index (Phi) is 7.01. The number of anilines is 2. The summed E-state index contributed by atoms with van der Waals surface area (Å²) in [6.07, 6.45) is -3.56. The van der Waals surface area contributed by atoms with E-state index in [0.717, 1.165) is 18.2 Å². The molecule has 3 heterocycles. The number of nitrogens with one attached hydrogen (secondary N) is 1. The second-order valence-corrected chi connectivity index (χ2v) is 9.99. The number of hydrogen-bond acceptors (Lipinski definition) is 6. The molecule has 3 unspecified atom stereocenters. The van der Waals surface area contributed by atoms with Gasteiger partial charge in [0.05, 0.1) is 25.0 Å². The van der Waals surface area contributed by atoms with E-state index < -0.39 is 40.9 Å². The number of piperidine rings is 1. The molecule has 2 saturated heterocycles. The monoisotopic (exact) mass is 554 g/mol. The van der Waals surface area contributed by atoms with Crippen LogP contribution in [0.5, 0.6) is 5.75 Å². The maximum Gasteiger partial charge on any atom is 0.416 e. The van der Waals surface area contributed by atoms with Crippen molar-refractivity contribution in [2.45, 2.75) is 18.6 Å². The topological polar surface area (TPSA) is 97.1 Å². The molecule has 2 fully saturated rings. The van der Waals surface area contributed by atoms with Gasteiger partial charge in [0.25, 0.3) is 0 Å². The van der Waals surface area contributed by atoms with Gasteiger partial charge in [-0.3, -0.25) is 9.62 Å². The number of methoxy groups -OCH3 is 1. The molecule has 1 N–H and O–H groups in total. The number of fused-ring (bicyclic) bond motifs is 1. The van der Waals surface area contributed by atoms with Crippen LogP contribution in [0.2, 0.25) is 0 Å². The van der Waals surface area contributed by atoms with Gasteiger partial charge < -0.3 is 14.0 Å². The van der Waals surface area contributed by atoms with E-state index in [2.05, 4.69) is 9.88 Å². The van der Waals surface area contributed by atoms with Gasteiger partial charge in [0.15, 0.2) is 17.0 Å². The van der Waals surface area contributed by atoms with Crippen LogP contribution in [0.25, 0.3) is 11.1 Å². The van der Waals surface area contributed by atoms with Crippen molar-refractivity contribution in [1.82, 2.24) is 9.46 Å². The van der Waals surface area contributed by atoms with E-state index >= 15 is 4.39 Å². The number of benzene rings is 2. The van der Waals surface area contributed by atoms with Crippen molar-refractivity contribution in [2.24, 2.45) is 5.92 Å². The molecule has 2 aliphatic heterocycles. The fourth-order valence-corrected chi connectivity index (χ4v) is 5.71. The average Bonchev–Trinajstić information content (AvgIpc) is 3.41. The third-order valence-electron chi connectivity index (χ3n) is 6.50. The van der Waals surface area contributed by atoms with Crippen molar-refractivity contribution in [3.8, 4) is 16.9 Å². The van der Waals surface area contributed by atoms with Gasteiger partial charge in [-0.05, 0) is 30.2 Å². The highest BCUT2D eigenvalue weighted by atomic mass is 32.2. The number of rotatable bonds is 6. The number of ether oxygens (including phenoxy) is 2. The fraction of sp³-hybridized carbons (Fsp3) is 0.333. The molecule has 3 atom stereocenters. The zero-order valence-electron chi connectivity index (χ0n) is 19.9. The predicted octanol–water partition coefficient (Wildman–Crippen LogP) is 4.85. The summed E-state index contributed by atoms with van der Waals surface area (Å²) in [5.74, 6) is -0.691. The van der Waals surface area contributed by atoms with E-state index in [0.29, 0.717) is 25.3 Å². The Balaban J connectivity index is 1.42. The minimum atomic E-state index is -4.59. The van der Waals surface area contributed by atoms with Crippen LogP contribution in [0.4, 0.5) is 33.9 Å². The summed E-state index contributed by atoms with van der Waals surface area (Å²) in [6.45, 7) is 0.722. The van der Waals surface area contributed by atoms with Crippen LogP contribution in [0.15, 0.2) is 53.3 Å². The molecule has 38 heavy (non-hydrogen) atoms. The second-order valence-electron chi connectivity index (χ2n) is 8.77. The SMILES string of the molecule is COc1cc(-c2cccc(C(F)(F)F)c2)c(F)cc1N1C(=O)OCC2CN(S(=O)Nc3ccon3)CCC21. The molecule has 0 aliphatic carbocycles. The van der Waals surface area contributed by atoms with Crippen LogP contribution in [-0.2, 0) is 22.1 Å². The zero-order chi connectivity index (χ0) is 27.0. The molecule has 14 heteroatoms. The highest BCUT2D eigenvalue weighted by Gasteiger charge is 2.44. The van der Waals surface area contributed by atoms with E-state index in [1.807, 2.05) is 0 Å². The van der Waals surface area contributed by atoms with Crippen LogP contribution in [0, 0.1) is 11.7 Å². The smallest absolute Gasteiger partial charge is 0.416 e. The molecule has 1 amide bonds. The third kappa shape index (κ3) is 5.05. The summed E-state index contributed by atoms with van der Waals surface area (Å²) in [6, 6.07) is 7.75. The first kappa shape index (κ1) is 26.0. The molecule has 2 aliphatic rings. The van der Waals surface area contributed by atoms with Gasteiger partial charge >= 0.3 is 12.3 Å². The molecule has 1 aromatic heterocycles. The lowest BCUT2D eigenvalue weighted by Gasteiger charge is -2.45. The fourth-order valence-electron chi connectivity index (χ4n) is 4.70. The quantitative estimate of drug-likeness (QED) is 0.438. The summed E-state index contributed by atoms with van der Waals surface area (Å²) >= 11 is -1.62. The number of hydrogen-bond donors (Lipinski definition) is 1. The average molecular weight is 555 g/mol. The predicted molar refractivity (Wildman–Crippen MR) is 129 cm³/mol. The number of carbonyl (C=O) groups excluding carboxylic acids is 1. The van der Waals surface area contributed by atoms with Gasteiger partial charge in [-0.25, -0.2) is 17.7 Å². The lowest BCUT2D eigenvalue weighted by atomic mass is 9.91. The minimum Gasteiger partial charge on any atom is -0.495 e. The molecule has 0 saturated carbocycles. The van der Waals surface area contributed by atoms with Crippen LogP contribution in [-0.4, -0.2) is 52.6 Å². The van der Waals surface area contributed by atoms with Crippen LogP contribution in [0.1, 0.15) is 12.0 Å². The van der Waals surface area contributed by atoms with E-state index in [1.54, 1.807) is 4.31 Å². The normalized spacial score (nSPS) is 21.0. The van der Waals surface area contributed by atoms with Gasteiger partial charge in [0.2, 0.25) is 0 Å². The summed E-state index contributed by atoms with van der Waals surface area (Å²) < 4.78 is 87.6. The maximum atomic E-state index is 15.3. The first-order valence-electron chi connectivity index (χ1n) is 11.5. The van der Waals surface area contributed by atoms with Gasteiger partial charge in [0.1, 0.15) is 17.8 Å². The van der Waals surface area contributed by atoms with E-state index in [4.69, 9.17) is 14.0 Å². The standard InChI is InChI=1S/C24H22F4N4O5S/c1-35-21-10-17(14-3-2-4-16(9-14)24(26,27)28)18(25)11-20(21)32-19-5-7-31(12-15(19)13-36-23(32)33)38(34)30-22-6-8-37-29-22/h2-4,6,8-11,15,19H,5,7,12-13H2,1H3,(H,29,30). The van der Waals surface area contributed by atoms with Crippen molar-refractivity contribution in [1.29, 1.82) is 0 Å². The Morgan fingerprint density at radius 1 is 1.21 bits per heavy atom. The van der Waals surface area contributed by atoms with E-state index in [1.165, 1.54) is 42.5 Å². The Bertz CT molecular complexity index is 1350. The Labute approximate surface area is 217 Å². The number of aromatic nitrogens is 1. The summed E-state index contributed by atoms with van der Waals surface area (Å²) in [7, 11) is 1.32. The van der Waals surface area contributed by atoms with E-state index in [-0.39, 0.29) is 35.1 Å². The number of nitrogens with zero attached hydrogens (tertiary/aromatic N) is 3. The number of amides is 1. The molecule has 0 bridgehead atoms. The minimum absolute atomic E-state index is 0.0108. The molecule has 3 aromatic rings. The first-order chi connectivity index (χ1) is 18.2. The van der Waals surface area contributed by atoms with Gasteiger partial charge in [-0.2, -0.15) is 13.2 Å². The van der Waals surface area contributed by atoms with Crippen LogP contribution < -0.4 is 14.4 Å². The third-order valence-corrected chi connectivity index (χ3v) is 7.68. The van der Waals surface area contributed by atoms with Gasteiger partial charge in [-0.1, -0.05) is 17.3 Å². The molecule has 2 aromatic carbocycles. The molecule has 5 rings (SSSR count). The number of alkyl halides is 3. The molecular formula is C24H22F4N4O5S. The molecule has 0 spiro atoms. The lowest BCUT2D eigenvalue weighted by Crippen LogP contribution is -2.59. The van der Waals surface area contributed by atoms with Crippen molar-refractivity contribution in [3.63, 3.8) is 0 Å². The highest BCUT2D eigenvalue weighted by Crippen LogP contribution is 2.41. The largest absolute Gasteiger partial charge is 0.495 e. The van der Waals surface area contributed by atoms with Crippen molar-refractivity contribution >= 4 is 28.8 Å². The van der Waals surface area contributed by atoms with Gasteiger partial charge in [0, 0.05) is 42.7 Å². The molecule has 202 valence electrons. The molecule has 0 radical (unpaired) electrons. The Hall–Kier alpha value is -3.65. The Morgan fingerprint density at radius 3 is 2.74 bits per heavy atom. The van der Waals surface area contributed by atoms with Crippen LogP contribution >= 0.6 is 0 Å². The lowest BCUT2D eigenvalue weighted by molar-refractivity contribution is -0.137. The molecule has 9 nitrogen and oxygen atoms in total. The van der Waals surface area contributed by atoms with Crippen molar-refractivity contribution < 1.29 is 40.6 Å². The van der Waals surface area contributed by atoms with E-state index in [9.17, 15) is 22.2 Å². The van der Waals surface area contributed by atoms with Crippen molar-refractivity contribution in [2.75, 3.05) is 36.4 Å². The molecular weight excluding hydrogens is 532 g/mol. The summed E-state index contributed by atoms with van der Waals surface area (Å²) in [5.41, 5.74) is -0.919. The number of cyclic esters (lactones) is 1. The highest BCUT2D eigenvalue weighted by molar-refractivity contribution is 7.84. The Morgan fingerprint density at radius 2 is 2.03 bits per heavy atom. The maximum absolute atomic E-state index is 15.3. The first-order valence-corrected chi connectivity index (χ1v) is 12.6. The van der Waals surface area contributed by atoms with Gasteiger partial charge in [-0.15, -0.1) is 0 Å². The zero-order valence-corrected chi connectivity index (χ0v) is 20.7. The summed E-state index contributed by atoms with van der Waals surface area (Å²) in [4.78, 5) is 14.2. The van der Waals surface area contributed by atoms with Crippen molar-refractivity contribution in [3.05, 3.63) is 60.1 Å². The second kappa shape index (κ2) is 10.3. The van der Waals surface area contributed by atoms with Crippen LogP contribution in [0.3, 0.4) is 0 Å². The number of halogens is 4. The summed E-state index contributed by atoms with van der Waals surface area (Å²) in [5, 5.41) is 3.68.